The standard InChI is InChI=1S/C14H17BrN2O.C14H15BrN2O/c2*15-11-6-4-10(5-7-11)12-13(18)17-14(16-12)8-2-1-3-9-14/h4-7,12,16H,1-3,8-9H2,(H,17,18);4-7H,1-3,8-9H2,(H,17,18). The fourth-order valence-electron chi connectivity index (χ4n) is 5.74. The van der Waals surface area contributed by atoms with Crippen molar-refractivity contribution in [3.63, 3.8) is 0 Å². The first-order valence-corrected chi connectivity index (χ1v) is 14.5. The molecule has 190 valence electrons. The van der Waals surface area contributed by atoms with Gasteiger partial charge >= 0.3 is 0 Å². The highest BCUT2D eigenvalue weighted by molar-refractivity contribution is 9.10. The van der Waals surface area contributed by atoms with Crippen LogP contribution in [-0.2, 0) is 9.59 Å². The second kappa shape index (κ2) is 10.8. The topological polar surface area (TPSA) is 82.6 Å². The van der Waals surface area contributed by atoms with Gasteiger partial charge in [0.1, 0.15) is 17.4 Å². The first-order chi connectivity index (χ1) is 17.4. The normalized spacial score (nSPS) is 24.1. The predicted octanol–water partition coefficient (Wildman–Crippen LogP) is 5.90. The van der Waals surface area contributed by atoms with Gasteiger partial charge in [-0.1, -0.05) is 69.0 Å². The SMILES string of the molecule is O=C1NC2(CCCCC2)N=C1c1ccc(Br)cc1.O=C1NC2(CCCCC2)NC1c1ccc(Br)cc1. The van der Waals surface area contributed by atoms with E-state index in [-0.39, 0.29) is 29.2 Å². The molecule has 2 aromatic rings. The Labute approximate surface area is 229 Å². The van der Waals surface area contributed by atoms with Gasteiger partial charge in [-0.3, -0.25) is 19.9 Å². The number of benzene rings is 2. The van der Waals surface area contributed by atoms with E-state index in [1.54, 1.807) is 0 Å². The molecule has 6 nitrogen and oxygen atoms in total. The summed E-state index contributed by atoms with van der Waals surface area (Å²) in [5.74, 6) is 0.0819. The van der Waals surface area contributed by atoms with Crippen LogP contribution >= 0.6 is 31.9 Å². The zero-order valence-electron chi connectivity index (χ0n) is 20.3. The lowest BCUT2D eigenvalue weighted by molar-refractivity contribution is -0.121. The van der Waals surface area contributed by atoms with Gasteiger partial charge in [0.05, 0.1) is 5.66 Å². The molecule has 2 saturated carbocycles. The fourth-order valence-corrected chi connectivity index (χ4v) is 6.27. The quantitative estimate of drug-likeness (QED) is 0.393. The third-order valence-electron chi connectivity index (χ3n) is 7.64. The van der Waals surface area contributed by atoms with Crippen LogP contribution < -0.4 is 16.0 Å². The Hall–Kier alpha value is -2.03. The second-order valence-electron chi connectivity index (χ2n) is 10.3. The Balaban J connectivity index is 0.000000148. The van der Waals surface area contributed by atoms with Crippen molar-refractivity contribution >= 4 is 49.4 Å². The highest BCUT2D eigenvalue weighted by Gasteiger charge is 2.44. The Morgan fingerprint density at radius 1 is 0.722 bits per heavy atom. The molecular weight excluding hydrogens is 584 g/mol. The van der Waals surface area contributed by atoms with Crippen LogP contribution in [0.1, 0.15) is 81.4 Å². The molecule has 2 aromatic carbocycles. The zero-order valence-corrected chi connectivity index (χ0v) is 23.5. The number of carbonyl (C=O) groups is 2. The van der Waals surface area contributed by atoms with Gasteiger partial charge in [-0.2, -0.15) is 0 Å². The van der Waals surface area contributed by atoms with Crippen LogP contribution in [0.4, 0.5) is 0 Å². The molecule has 8 heteroatoms. The van der Waals surface area contributed by atoms with Gasteiger partial charge in [0.25, 0.3) is 5.91 Å². The van der Waals surface area contributed by atoms with Crippen molar-refractivity contribution in [2.24, 2.45) is 4.99 Å². The summed E-state index contributed by atoms with van der Waals surface area (Å²) in [4.78, 5) is 28.9. The van der Waals surface area contributed by atoms with Gasteiger partial charge in [0.15, 0.2) is 0 Å². The molecule has 2 amide bonds. The van der Waals surface area contributed by atoms with E-state index in [4.69, 9.17) is 4.99 Å². The minimum atomic E-state index is -0.308. The molecule has 2 aliphatic heterocycles. The Morgan fingerprint density at radius 2 is 1.28 bits per heavy atom. The minimum Gasteiger partial charge on any atom is -0.336 e. The molecule has 2 aliphatic carbocycles. The molecule has 3 fully saturated rings. The summed E-state index contributed by atoms with van der Waals surface area (Å²) in [6, 6.07) is 15.5. The Kier molecular flexibility index (Phi) is 7.65. The molecule has 1 atom stereocenters. The summed E-state index contributed by atoms with van der Waals surface area (Å²) in [5, 5.41) is 9.76. The zero-order chi connectivity index (χ0) is 25.2. The molecule has 2 spiro atoms. The lowest BCUT2D eigenvalue weighted by Gasteiger charge is -2.33. The average Bonchev–Trinajstić information content (AvgIpc) is 3.37. The van der Waals surface area contributed by atoms with Gasteiger partial charge in [-0.05, 0) is 81.2 Å². The monoisotopic (exact) mass is 614 g/mol. The number of amides is 2. The van der Waals surface area contributed by atoms with Crippen LogP contribution in [0.25, 0.3) is 0 Å². The minimum absolute atomic E-state index is 0.0285. The van der Waals surface area contributed by atoms with Gasteiger partial charge in [0.2, 0.25) is 5.91 Å². The lowest BCUT2D eigenvalue weighted by Crippen LogP contribution is -2.51. The maximum Gasteiger partial charge on any atom is 0.272 e. The van der Waals surface area contributed by atoms with Crippen LogP contribution in [0.15, 0.2) is 62.5 Å². The molecular formula is C28H32Br2N4O2. The van der Waals surface area contributed by atoms with Gasteiger partial charge in [-0.25, -0.2) is 0 Å². The van der Waals surface area contributed by atoms with E-state index in [1.165, 1.54) is 25.7 Å². The van der Waals surface area contributed by atoms with E-state index in [0.29, 0.717) is 5.71 Å². The molecule has 4 aliphatic rings. The van der Waals surface area contributed by atoms with Crippen LogP contribution in [0.5, 0.6) is 0 Å². The highest BCUT2D eigenvalue weighted by atomic mass is 79.9. The highest BCUT2D eigenvalue weighted by Crippen LogP contribution is 2.34. The van der Waals surface area contributed by atoms with Crippen molar-refractivity contribution in [2.45, 2.75) is 81.6 Å². The smallest absolute Gasteiger partial charge is 0.272 e. The van der Waals surface area contributed by atoms with Crippen LogP contribution in [-0.4, -0.2) is 28.9 Å². The van der Waals surface area contributed by atoms with E-state index in [1.807, 2.05) is 48.5 Å². The van der Waals surface area contributed by atoms with Crippen LogP contribution in [0.3, 0.4) is 0 Å². The summed E-state index contributed by atoms with van der Waals surface area (Å²) in [7, 11) is 0. The van der Waals surface area contributed by atoms with E-state index < -0.39 is 0 Å². The number of hydrogen-bond donors (Lipinski definition) is 3. The third kappa shape index (κ3) is 5.60. The molecule has 36 heavy (non-hydrogen) atoms. The van der Waals surface area contributed by atoms with E-state index >= 15 is 0 Å². The lowest BCUT2D eigenvalue weighted by atomic mass is 9.89. The van der Waals surface area contributed by atoms with Crippen molar-refractivity contribution < 1.29 is 9.59 Å². The average molecular weight is 616 g/mol. The van der Waals surface area contributed by atoms with Gasteiger partial charge < -0.3 is 10.6 Å². The molecule has 1 saturated heterocycles. The summed E-state index contributed by atoms with van der Waals surface area (Å²) < 4.78 is 2.05. The number of aliphatic imine (C=N–C) groups is 1. The molecule has 0 bridgehead atoms. The van der Waals surface area contributed by atoms with Crippen molar-refractivity contribution in [3.8, 4) is 0 Å². The van der Waals surface area contributed by atoms with E-state index in [2.05, 4.69) is 47.8 Å². The largest absolute Gasteiger partial charge is 0.336 e. The number of rotatable bonds is 2. The first-order valence-electron chi connectivity index (χ1n) is 12.9. The summed E-state index contributed by atoms with van der Waals surface area (Å²) in [5.41, 5.74) is 2.07. The number of halogens is 2. The summed E-state index contributed by atoms with van der Waals surface area (Å²) in [6.45, 7) is 0. The molecule has 0 radical (unpaired) electrons. The first kappa shape index (κ1) is 25.6. The summed E-state index contributed by atoms with van der Waals surface area (Å²) >= 11 is 6.82. The Bertz CT molecular complexity index is 1140. The third-order valence-corrected chi connectivity index (χ3v) is 8.70. The summed E-state index contributed by atoms with van der Waals surface area (Å²) in [6.07, 6.45) is 11.3. The number of nitrogens with zero attached hydrogens (tertiary/aromatic N) is 1. The molecule has 2 heterocycles. The fraction of sp³-hybridized carbons (Fsp3) is 0.464. The molecule has 6 rings (SSSR count). The van der Waals surface area contributed by atoms with Crippen LogP contribution in [0, 0.1) is 0 Å². The van der Waals surface area contributed by atoms with Crippen molar-refractivity contribution in [1.29, 1.82) is 0 Å². The maximum atomic E-state index is 12.1. The van der Waals surface area contributed by atoms with Crippen molar-refractivity contribution in [2.75, 3.05) is 0 Å². The van der Waals surface area contributed by atoms with Crippen LogP contribution in [0.2, 0.25) is 0 Å². The van der Waals surface area contributed by atoms with Crippen molar-refractivity contribution in [1.82, 2.24) is 16.0 Å². The Morgan fingerprint density at radius 3 is 1.89 bits per heavy atom. The maximum absolute atomic E-state index is 12.1. The molecule has 1 unspecified atom stereocenters. The van der Waals surface area contributed by atoms with Gasteiger partial charge in [-0.15, -0.1) is 0 Å². The van der Waals surface area contributed by atoms with E-state index in [0.717, 1.165) is 58.6 Å². The van der Waals surface area contributed by atoms with E-state index in [9.17, 15) is 9.59 Å². The number of carbonyl (C=O) groups excluding carboxylic acids is 2. The molecule has 0 aromatic heterocycles. The van der Waals surface area contributed by atoms with Crippen molar-refractivity contribution in [3.05, 3.63) is 68.6 Å². The predicted molar refractivity (Wildman–Crippen MR) is 149 cm³/mol. The molecule has 3 N–H and O–H groups in total. The van der Waals surface area contributed by atoms with Gasteiger partial charge in [0, 0.05) is 14.5 Å². The second-order valence-corrected chi connectivity index (χ2v) is 12.1. The number of nitrogens with one attached hydrogen (secondary N) is 3. The number of hydrogen-bond acceptors (Lipinski definition) is 4.